The molecule has 1 fully saturated rings. The van der Waals surface area contributed by atoms with Crippen molar-refractivity contribution in [1.82, 2.24) is 15.0 Å². The minimum Gasteiger partial charge on any atom is -0.385 e. The number of aliphatic hydroxyl groups is 1. The van der Waals surface area contributed by atoms with E-state index in [1.807, 2.05) is 0 Å². The molecule has 134 valence electrons. The summed E-state index contributed by atoms with van der Waals surface area (Å²) >= 11 is 0. The van der Waals surface area contributed by atoms with Gasteiger partial charge in [0, 0.05) is 37.7 Å². The molecule has 26 heavy (non-hydrogen) atoms. The lowest BCUT2D eigenvalue weighted by atomic mass is 9.90. The van der Waals surface area contributed by atoms with E-state index in [1.54, 1.807) is 42.9 Å². The number of hydrogen-bond donors (Lipinski definition) is 2. The van der Waals surface area contributed by atoms with E-state index < -0.39 is 6.10 Å². The summed E-state index contributed by atoms with van der Waals surface area (Å²) in [6.07, 6.45) is 6.03. The number of H-pyrrole nitrogens is 1. The van der Waals surface area contributed by atoms with Crippen LogP contribution >= 0.6 is 0 Å². The van der Waals surface area contributed by atoms with Gasteiger partial charge in [-0.05, 0) is 37.0 Å². The molecule has 1 aliphatic rings. The van der Waals surface area contributed by atoms with Crippen molar-refractivity contribution in [2.24, 2.45) is 5.92 Å². The Bertz CT molecular complexity index is 920. The smallest absolute Gasteiger partial charge is 0.278 e. The van der Waals surface area contributed by atoms with Crippen molar-refractivity contribution in [2.45, 2.75) is 18.9 Å². The second-order valence-electron chi connectivity index (χ2n) is 6.50. The monoisotopic (exact) mass is 353 g/mol. The van der Waals surface area contributed by atoms with Gasteiger partial charge in [-0.15, -0.1) is 0 Å². The molecule has 0 amide bonds. The van der Waals surface area contributed by atoms with Crippen molar-refractivity contribution in [3.8, 4) is 0 Å². The minimum atomic E-state index is -0.598. The summed E-state index contributed by atoms with van der Waals surface area (Å²) < 4.78 is 0. The number of piperidine rings is 1. The normalized spacial score (nSPS) is 16.7. The number of benzene rings is 1. The molecule has 0 bridgehead atoms. The summed E-state index contributed by atoms with van der Waals surface area (Å²) in [5.41, 5.74) is 1.61. The molecule has 3 heterocycles. The largest absolute Gasteiger partial charge is 0.385 e. The highest BCUT2D eigenvalue weighted by Gasteiger charge is 2.29. The van der Waals surface area contributed by atoms with E-state index in [9.17, 15) is 15.2 Å². The molecule has 0 saturated carbocycles. The van der Waals surface area contributed by atoms with Crippen molar-refractivity contribution in [1.29, 1.82) is 0 Å². The van der Waals surface area contributed by atoms with Crippen molar-refractivity contribution < 1.29 is 10.0 Å². The van der Waals surface area contributed by atoms with Gasteiger partial charge in [-0.3, -0.25) is 15.1 Å². The molecular formula is C18H19N5O3. The van der Waals surface area contributed by atoms with E-state index in [1.165, 1.54) is 0 Å². The van der Waals surface area contributed by atoms with Crippen LogP contribution < -0.4 is 4.90 Å². The summed E-state index contributed by atoms with van der Waals surface area (Å²) in [4.78, 5) is 24.6. The van der Waals surface area contributed by atoms with Gasteiger partial charge in [-0.2, -0.15) is 0 Å². The maximum atomic E-state index is 11.3. The molecule has 2 aromatic heterocycles. The SMILES string of the molecule is O=[N+]([O-])c1ccc(N2CCC(C(O)c3ncc[nH]3)CC2)c2ncccc12. The van der Waals surface area contributed by atoms with Gasteiger partial charge in [0.2, 0.25) is 0 Å². The highest BCUT2D eigenvalue weighted by molar-refractivity contribution is 5.97. The Balaban J connectivity index is 1.57. The molecule has 1 unspecified atom stereocenters. The lowest BCUT2D eigenvalue weighted by Crippen LogP contribution is -2.36. The van der Waals surface area contributed by atoms with Crippen LogP contribution in [-0.2, 0) is 0 Å². The van der Waals surface area contributed by atoms with Gasteiger partial charge in [0.25, 0.3) is 5.69 Å². The summed E-state index contributed by atoms with van der Waals surface area (Å²) in [6.45, 7) is 1.51. The number of fused-ring (bicyclic) bond motifs is 1. The molecule has 8 nitrogen and oxygen atoms in total. The molecule has 0 spiro atoms. The van der Waals surface area contributed by atoms with Gasteiger partial charge in [0.05, 0.1) is 16.0 Å². The number of non-ortho nitro benzene ring substituents is 1. The van der Waals surface area contributed by atoms with Gasteiger partial charge in [0.15, 0.2) is 0 Å². The summed E-state index contributed by atoms with van der Waals surface area (Å²) in [6, 6.07) is 6.77. The quantitative estimate of drug-likeness (QED) is 0.551. The first-order valence-corrected chi connectivity index (χ1v) is 8.59. The molecule has 1 atom stereocenters. The van der Waals surface area contributed by atoms with Gasteiger partial charge in [-0.1, -0.05) is 0 Å². The van der Waals surface area contributed by atoms with Crippen LogP contribution in [0.5, 0.6) is 0 Å². The molecule has 1 aliphatic heterocycles. The van der Waals surface area contributed by atoms with Crippen LogP contribution in [-0.4, -0.2) is 38.1 Å². The van der Waals surface area contributed by atoms with Gasteiger partial charge in [0.1, 0.15) is 17.4 Å². The van der Waals surface area contributed by atoms with Crippen LogP contribution in [0.15, 0.2) is 42.9 Å². The average Bonchev–Trinajstić information content (AvgIpc) is 3.21. The van der Waals surface area contributed by atoms with E-state index in [0.29, 0.717) is 16.7 Å². The molecular weight excluding hydrogens is 334 g/mol. The third-order valence-electron chi connectivity index (χ3n) is 5.05. The number of aromatic nitrogens is 3. The number of aliphatic hydroxyl groups excluding tert-OH is 1. The number of nitrogens with zero attached hydrogens (tertiary/aromatic N) is 4. The summed E-state index contributed by atoms with van der Waals surface area (Å²) in [5.74, 6) is 0.737. The molecule has 2 N–H and O–H groups in total. The van der Waals surface area contributed by atoms with Gasteiger partial charge < -0.3 is 15.0 Å². The Hall–Kier alpha value is -3.00. The first-order chi connectivity index (χ1) is 12.6. The second-order valence-corrected chi connectivity index (χ2v) is 6.50. The molecule has 8 heteroatoms. The number of rotatable bonds is 4. The fourth-order valence-corrected chi connectivity index (χ4v) is 3.68. The molecule has 1 saturated heterocycles. The average molecular weight is 353 g/mol. The van der Waals surface area contributed by atoms with Crippen LogP contribution in [0, 0.1) is 16.0 Å². The number of pyridine rings is 1. The fourth-order valence-electron chi connectivity index (χ4n) is 3.68. The predicted octanol–water partition coefficient (Wildman–Crippen LogP) is 2.82. The molecule has 3 aromatic rings. The van der Waals surface area contributed by atoms with Crippen molar-refractivity contribution in [3.63, 3.8) is 0 Å². The number of imidazole rings is 1. The second kappa shape index (κ2) is 6.72. The van der Waals surface area contributed by atoms with E-state index in [2.05, 4.69) is 19.9 Å². The number of aromatic amines is 1. The van der Waals surface area contributed by atoms with E-state index >= 15 is 0 Å². The van der Waals surface area contributed by atoms with Crippen LogP contribution in [0.3, 0.4) is 0 Å². The van der Waals surface area contributed by atoms with Crippen LogP contribution in [0.25, 0.3) is 10.9 Å². The Morgan fingerprint density at radius 2 is 2.04 bits per heavy atom. The highest BCUT2D eigenvalue weighted by Crippen LogP contribution is 2.36. The third kappa shape index (κ3) is 2.88. The Kier molecular flexibility index (Phi) is 4.26. The standard InChI is InChI=1S/C18H19N5O3/c24-17(18-20-8-9-21-18)12-5-10-22(11-6-12)15-4-3-14(23(25)26)13-2-1-7-19-16(13)15/h1-4,7-9,12,17,24H,5-6,10-11H2,(H,20,21). The van der Waals surface area contributed by atoms with Crippen LogP contribution in [0.1, 0.15) is 24.8 Å². The summed E-state index contributed by atoms with van der Waals surface area (Å²) in [7, 11) is 0. The van der Waals surface area contributed by atoms with Gasteiger partial charge >= 0.3 is 0 Å². The Morgan fingerprint density at radius 3 is 2.73 bits per heavy atom. The number of nitrogens with one attached hydrogen (secondary N) is 1. The molecule has 0 aliphatic carbocycles. The number of anilines is 1. The Morgan fingerprint density at radius 1 is 1.23 bits per heavy atom. The topological polar surface area (TPSA) is 108 Å². The lowest BCUT2D eigenvalue weighted by Gasteiger charge is -2.35. The molecule has 1 aromatic carbocycles. The Labute approximate surface area is 149 Å². The maximum Gasteiger partial charge on any atom is 0.278 e. The van der Waals surface area contributed by atoms with Crippen LogP contribution in [0.2, 0.25) is 0 Å². The van der Waals surface area contributed by atoms with E-state index in [0.717, 1.165) is 31.6 Å². The maximum absolute atomic E-state index is 11.3. The summed E-state index contributed by atoms with van der Waals surface area (Å²) in [5, 5.41) is 22.3. The lowest BCUT2D eigenvalue weighted by molar-refractivity contribution is -0.383. The predicted molar refractivity (Wildman–Crippen MR) is 96.9 cm³/mol. The number of nitro benzene ring substituents is 1. The van der Waals surface area contributed by atoms with Gasteiger partial charge in [-0.25, -0.2) is 4.98 Å². The number of nitro groups is 1. The minimum absolute atomic E-state index is 0.0694. The zero-order chi connectivity index (χ0) is 18.1. The van der Waals surface area contributed by atoms with E-state index in [4.69, 9.17) is 0 Å². The van der Waals surface area contributed by atoms with Crippen molar-refractivity contribution >= 4 is 22.3 Å². The highest BCUT2D eigenvalue weighted by atomic mass is 16.6. The van der Waals surface area contributed by atoms with Crippen molar-refractivity contribution in [2.75, 3.05) is 18.0 Å². The zero-order valence-corrected chi connectivity index (χ0v) is 14.1. The first-order valence-electron chi connectivity index (χ1n) is 8.59. The third-order valence-corrected chi connectivity index (χ3v) is 5.05. The fraction of sp³-hybridized carbons (Fsp3) is 0.333. The van der Waals surface area contributed by atoms with Crippen LogP contribution in [0.4, 0.5) is 11.4 Å². The van der Waals surface area contributed by atoms with E-state index in [-0.39, 0.29) is 16.5 Å². The van der Waals surface area contributed by atoms with Crippen molar-refractivity contribution in [3.05, 3.63) is 58.8 Å². The number of hydrogen-bond acceptors (Lipinski definition) is 6. The first kappa shape index (κ1) is 16.5. The molecule has 4 rings (SSSR count). The molecule has 0 radical (unpaired) electrons. The zero-order valence-electron chi connectivity index (χ0n) is 14.1.